The number of aryl methyl sites for hydroxylation is 14. The van der Waals surface area contributed by atoms with Gasteiger partial charge in [-0.1, -0.05) is 153 Å². The summed E-state index contributed by atoms with van der Waals surface area (Å²) >= 11 is 0. The quantitative estimate of drug-likeness (QED) is 0.144. The molecule has 17 heteroatoms. The molecule has 0 aliphatic rings. The third-order valence-corrected chi connectivity index (χ3v) is 25.1. The Morgan fingerprint density at radius 2 is 0.760 bits per heavy atom. The third-order valence-electron chi connectivity index (χ3n) is 25.1. The lowest BCUT2D eigenvalue weighted by Gasteiger charge is -2.09. The van der Waals surface area contributed by atoms with E-state index < -0.39 is 19.6 Å². The van der Waals surface area contributed by atoms with Crippen molar-refractivity contribution in [1.82, 2.24) is 19.9 Å². The fraction of sp³-hybridized carbons (Fsp3) is 0.152. The van der Waals surface area contributed by atoms with E-state index in [1.54, 1.807) is 42.3 Å². The van der Waals surface area contributed by atoms with Gasteiger partial charge in [0.05, 0.1) is 59.3 Å². The molecule has 0 fully saturated rings. The summed E-state index contributed by atoms with van der Waals surface area (Å²) in [6.45, 7) is 13.3. The van der Waals surface area contributed by atoms with Crippen LogP contribution in [0.1, 0.15) is 85.2 Å². The SMILES string of the molecule is Cc1cc[n+](C)c(-c2c(C)c3ccccc3c3c2oc2nc(C)ccc23)n1.Cc1cc[n+](C)c(-c2c(C)ccc3c2oc2oc4ccccc4c23)c1.Cc1ccc2c(oc3oc4ccccc4c32)c1-c1cccc[n+]1C.[2H]C([2H])([2H])C([2H])(C)c1cc[n+](C)c(-c2c(C)ccc3c2oc2oc4ccccc4c23)c1.[2H]C([2H])([2H])c1cnc(-c2c(C)c3ccccc3c3c2oc2ncccc23)[n+](C)c1. The van der Waals surface area contributed by atoms with E-state index in [1.165, 1.54) is 46.1 Å². The van der Waals surface area contributed by atoms with Crippen LogP contribution in [0.2, 0.25) is 0 Å². The van der Waals surface area contributed by atoms with Crippen LogP contribution in [0.3, 0.4) is 0 Å². The van der Waals surface area contributed by atoms with Crippen LogP contribution in [-0.4, -0.2) is 19.9 Å². The molecule has 630 valence electrons. The van der Waals surface area contributed by atoms with Gasteiger partial charge in [0.1, 0.15) is 55.2 Å². The first-order chi connectivity index (χ1) is 65.4. The minimum Gasteiger partial charge on any atom is -0.437 e. The molecule has 129 heavy (non-hydrogen) atoms. The summed E-state index contributed by atoms with van der Waals surface area (Å²) in [6.07, 6.45) is 12.7. The Labute approximate surface area is 752 Å². The van der Waals surface area contributed by atoms with Crippen molar-refractivity contribution in [1.29, 1.82) is 0 Å². The average molecular weight is 1700 g/mol. The van der Waals surface area contributed by atoms with Crippen LogP contribution in [0.15, 0.2) is 309 Å². The fourth-order valence-corrected chi connectivity index (χ4v) is 18.7. The number of pyridine rings is 5. The molecule has 0 N–H and O–H groups in total. The molecule has 0 aliphatic heterocycles. The van der Waals surface area contributed by atoms with Gasteiger partial charge in [0.2, 0.25) is 28.5 Å². The lowest BCUT2D eigenvalue weighted by molar-refractivity contribution is -0.663. The molecule has 0 aliphatic carbocycles. The number of rotatable bonds is 6. The van der Waals surface area contributed by atoms with Gasteiger partial charge in [0.25, 0.3) is 17.3 Å². The van der Waals surface area contributed by atoms with Crippen LogP contribution < -0.4 is 22.8 Å². The number of nitrogens with zero attached hydrogens (tertiary/aromatic N) is 9. The summed E-state index contributed by atoms with van der Waals surface area (Å²) in [7, 11) is 9.84. The first kappa shape index (κ1) is 72.5. The summed E-state index contributed by atoms with van der Waals surface area (Å²) in [5.41, 5.74) is 25.1. The monoisotopic (exact) mass is 1700 g/mol. The average Bonchev–Trinajstić information content (AvgIpc) is 1.60. The molecule has 0 bridgehead atoms. The number of hydrogen-bond acceptors (Lipinski definition) is 12. The first-order valence-electron chi connectivity index (χ1n) is 46.4. The van der Waals surface area contributed by atoms with Crippen LogP contribution in [-0.2, 0) is 35.2 Å². The number of aromatic nitrogens is 9. The van der Waals surface area contributed by atoms with Crippen LogP contribution in [0.5, 0.6) is 0 Å². The van der Waals surface area contributed by atoms with Gasteiger partial charge in [0, 0.05) is 130 Å². The van der Waals surface area contributed by atoms with Gasteiger partial charge in [-0.3, -0.25) is 0 Å². The van der Waals surface area contributed by atoms with Crippen LogP contribution in [0.4, 0.5) is 0 Å². The van der Waals surface area contributed by atoms with Crippen LogP contribution in [0.25, 0.3) is 222 Å². The zero-order valence-corrected chi connectivity index (χ0v) is 73.8. The fourth-order valence-electron chi connectivity index (χ4n) is 18.7. The van der Waals surface area contributed by atoms with E-state index in [0.29, 0.717) is 51.3 Å². The summed E-state index contributed by atoms with van der Waals surface area (Å²) < 4.78 is 114. The van der Waals surface area contributed by atoms with E-state index in [9.17, 15) is 0 Å². The third kappa shape index (κ3) is 13.6. The van der Waals surface area contributed by atoms with E-state index in [1.807, 2.05) is 168 Å². The second-order valence-corrected chi connectivity index (χ2v) is 33.6. The van der Waals surface area contributed by atoms with E-state index in [0.717, 1.165) is 188 Å². The molecule has 0 radical (unpaired) electrons. The number of para-hydroxylation sites is 3. The van der Waals surface area contributed by atoms with E-state index in [-0.39, 0.29) is 5.56 Å². The number of benzene rings is 10. The molecule has 0 spiro atoms. The number of hydrogen-bond donors (Lipinski definition) is 0. The second-order valence-electron chi connectivity index (χ2n) is 33.6. The number of furan rings is 8. The predicted molar refractivity (Wildman–Crippen MR) is 514 cm³/mol. The predicted octanol–water partition coefficient (Wildman–Crippen LogP) is 26.4. The van der Waals surface area contributed by atoms with Gasteiger partial charge in [-0.2, -0.15) is 0 Å². The van der Waals surface area contributed by atoms with Crippen molar-refractivity contribution >= 4 is 165 Å². The highest BCUT2D eigenvalue weighted by atomic mass is 16.5. The topological polar surface area (TPSA) is 176 Å². The smallest absolute Gasteiger partial charge is 0.334 e. The van der Waals surface area contributed by atoms with Gasteiger partial charge < -0.3 is 35.3 Å². The molecule has 15 aromatic heterocycles. The Kier molecular flexibility index (Phi) is 17.8. The molecular weight excluding hydrogens is 1600 g/mol. The van der Waals surface area contributed by atoms with Crippen molar-refractivity contribution in [2.45, 2.75) is 81.9 Å². The molecule has 0 saturated carbocycles. The molecule has 25 rings (SSSR count). The minimum absolute atomic E-state index is 0.199. The summed E-state index contributed by atoms with van der Waals surface area (Å²) in [4.78, 5) is 18.4. The zero-order valence-electron chi connectivity index (χ0n) is 80.8. The maximum Gasteiger partial charge on any atom is 0.334 e. The standard InChI is InChI=1S/C24H22NO2.C23H20N3O.C22H18N3O.C22H18NO2.C21H16NO2/c1-14(2)16-11-12-25(4)19(13-16)21-15(3)9-10-18-22-17-7-5-6-8-20(17)26-24(22)27-23(18)21;1-13-9-10-18-20-17-8-6-5-7-16(17)15(3)19(21(20)27-23(18)25-13)22-24-14(2)11-12-26(22)4;1-13-11-24-21(25(3)12-13)18-14(2)15-7-4-5-8-16(15)19-17-9-6-10-23-22(17)26-20(18)19;1-13-10-11-23(3)17(12-13)19-14(2)8-9-16-20-15-6-4-5-7-18(15)24-22(20)25-21(16)19;1-13-10-11-15-19-14-7-3-4-9-17(14)23-21(19)24-20(15)18(13)16-8-5-6-12-22(16)2/h5-14H,1-4H3;5-12H,1-4H3;4-12H,1-3H3;4-12H,1-3H3;3-12H,1-2H3/q5*+1/i1D3,14D;;1D3;;. The van der Waals surface area contributed by atoms with Gasteiger partial charge in [0.15, 0.2) is 52.2 Å². The normalized spacial score (nSPS) is 13.2. The molecule has 17 nitrogen and oxygen atoms in total. The molecule has 25 aromatic rings. The molecule has 1 atom stereocenters. The van der Waals surface area contributed by atoms with E-state index in [2.05, 4.69) is 186 Å². The number of fused-ring (bicyclic) bond motifs is 25. The molecule has 1 unspecified atom stereocenters. The van der Waals surface area contributed by atoms with Crippen molar-refractivity contribution in [2.75, 3.05) is 0 Å². The lowest BCUT2D eigenvalue weighted by atomic mass is 9.94. The summed E-state index contributed by atoms with van der Waals surface area (Å²) in [5.74, 6) is 1.47. The Bertz CT molecular complexity index is 9220. The van der Waals surface area contributed by atoms with E-state index in [4.69, 9.17) is 49.9 Å². The Balaban J connectivity index is 0.000000102. The lowest BCUT2D eigenvalue weighted by Crippen LogP contribution is -2.32. The Hall–Kier alpha value is -15.8. The Morgan fingerprint density at radius 1 is 0.318 bits per heavy atom. The highest BCUT2D eigenvalue weighted by molar-refractivity contribution is 6.26. The molecule has 0 saturated heterocycles. The molecule has 15 heterocycles. The maximum atomic E-state index is 8.51. The van der Waals surface area contributed by atoms with Crippen molar-refractivity contribution in [3.63, 3.8) is 0 Å². The van der Waals surface area contributed by atoms with Gasteiger partial charge in [-0.05, 0) is 180 Å². The minimum atomic E-state index is -2.45. The Morgan fingerprint density at radius 3 is 1.29 bits per heavy atom. The highest BCUT2D eigenvalue weighted by Gasteiger charge is 2.32. The maximum absolute atomic E-state index is 8.51. The van der Waals surface area contributed by atoms with Crippen LogP contribution in [0, 0.1) is 62.2 Å². The first-order valence-corrected chi connectivity index (χ1v) is 42.9. The molecular formula is C112H94N9O8+5. The van der Waals surface area contributed by atoms with Crippen LogP contribution >= 0.6 is 0 Å². The molecule has 0 amide bonds. The van der Waals surface area contributed by atoms with Crippen molar-refractivity contribution < 1.29 is 67.8 Å². The largest absolute Gasteiger partial charge is 0.437 e. The summed E-state index contributed by atoms with van der Waals surface area (Å²) in [6, 6.07) is 77.3. The van der Waals surface area contributed by atoms with Crippen molar-refractivity contribution in [2.24, 2.45) is 35.2 Å². The van der Waals surface area contributed by atoms with Gasteiger partial charge in [-0.25, -0.2) is 32.8 Å². The zero-order chi connectivity index (χ0) is 94.6. The van der Waals surface area contributed by atoms with Gasteiger partial charge in [-0.15, -0.1) is 0 Å². The second kappa shape index (κ2) is 31.7. The van der Waals surface area contributed by atoms with E-state index >= 15 is 0 Å². The highest BCUT2D eigenvalue weighted by Crippen LogP contribution is 2.48. The summed E-state index contributed by atoms with van der Waals surface area (Å²) in [5, 5.41) is 18.1. The van der Waals surface area contributed by atoms with Gasteiger partial charge >= 0.3 is 11.6 Å². The molecule has 10 aromatic carbocycles. The van der Waals surface area contributed by atoms with Crippen molar-refractivity contribution in [3.8, 4) is 56.5 Å². The van der Waals surface area contributed by atoms with Crippen molar-refractivity contribution in [3.05, 3.63) is 330 Å².